The quantitative estimate of drug-likeness (QED) is 0.910. The van der Waals surface area contributed by atoms with Gasteiger partial charge in [0.05, 0.1) is 16.4 Å². The van der Waals surface area contributed by atoms with Crippen LogP contribution in [0.5, 0.6) is 5.75 Å². The molecule has 2 rings (SSSR count). The third-order valence-electron chi connectivity index (χ3n) is 2.42. The number of hydrogen-bond donors (Lipinski definition) is 2. The van der Waals surface area contributed by atoms with Gasteiger partial charge in [0, 0.05) is 12.2 Å². The van der Waals surface area contributed by atoms with Gasteiger partial charge in [0.2, 0.25) is 0 Å². The molecule has 1 heterocycles. The highest BCUT2D eigenvalue weighted by molar-refractivity contribution is 9.10. The summed E-state index contributed by atoms with van der Waals surface area (Å²) in [5.74, 6) is 0.255. The number of aryl methyl sites for hydroxylation is 1. The lowest BCUT2D eigenvalue weighted by Gasteiger charge is -2.07. The molecule has 0 spiro atoms. The van der Waals surface area contributed by atoms with Crippen molar-refractivity contribution in [2.24, 2.45) is 0 Å². The van der Waals surface area contributed by atoms with Gasteiger partial charge in [-0.1, -0.05) is 6.07 Å². The lowest BCUT2D eigenvalue weighted by molar-refractivity contribution is 0.471. The standard InChI is InChI=1S/C13H13BrN2O/c1-9-2-4-11(8-15-9)16-7-10-3-5-13(17)12(14)6-10/h2-6,8,16-17H,7H2,1H3. The van der Waals surface area contributed by atoms with Gasteiger partial charge in [0.1, 0.15) is 5.75 Å². The van der Waals surface area contributed by atoms with Crippen LogP contribution in [0.4, 0.5) is 5.69 Å². The molecule has 3 nitrogen and oxygen atoms in total. The van der Waals surface area contributed by atoms with E-state index in [1.54, 1.807) is 6.07 Å². The molecule has 0 aliphatic rings. The van der Waals surface area contributed by atoms with E-state index in [9.17, 15) is 5.11 Å². The molecule has 1 aromatic heterocycles. The van der Waals surface area contributed by atoms with E-state index >= 15 is 0 Å². The second-order valence-electron chi connectivity index (χ2n) is 3.83. The second-order valence-corrected chi connectivity index (χ2v) is 4.68. The van der Waals surface area contributed by atoms with E-state index in [0.29, 0.717) is 11.0 Å². The van der Waals surface area contributed by atoms with E-state index in [4.69, 9.17) is 0 Å². The van der Waals surface area contributed by atoms with Crippen molar-refractivity contribution < 1.29 is 5.11 Å². The van der Waals surface area contributed by atoms with Gasteiger partial charge in [0.25, 0.3) is 0 Å². The van der Waals surface area contributed by atoms with Crippen molar-refractivity contribution in [1.82, 2.24) is 4.98 Å². The smallest absolute Gasteiger partial charge is 0.129 e. The van der Waals surface area contributed by atoms with Crippen molar-refractivity contribution in [1.29, 1.82) is 0 Å². The van der Waals surface area contributed by atoms with Crippen LogP contribution in [0, 0.1) is 6.92 Å². The number of pyridine rings is 1. The van der Waals surface area contributed by atoms with Crippen LogP contribution in [0.1, 0.15) is 11.3 Å². The van der Waals surface area contributed by atoms with Gasteiger partial charge in [-0.2, -0.15) is 0 Å². The van der Waals surface area contributed by atoms with Crippen LogP contribution in [0.25, 0.3) is 0 Å². The summed E-state index contributed by atoms with van der Waals surface area (Å²) in [7, 11) is 0. The number of nitrogens with zero attached hydrogens (tertiary/aromatic N) is 1. The number of phenolic OH excluding ortho intramolecular Hbond substituents is 1. The Morgan fingerprint density at radius 2 is 2.12 bits per heavy atom. The van der Waals surface area contributed by atoms with E-state index in [0.717, 1.165) is 16.9 Å². The molecule has 0 amide bonds. The Bertz CT molecular complexity index is 511. The van der Waals surface area contributed by atoms with E-state index in [1.807, 2.05) is 37.4 Å². The topological polar surface area (TPSA) is 45.1 Å². The van der Waals surface area contributed by atoms with Crippen molar-refractivity contribution >= 4 is 21.6 Å². The first-order valence-electron chi connectivity index (χ1n) is 5.29. The van der Waals surface area contributed by atoms with E-state index in [2.05, 4.69) is 26.2 Å². The van der Waals surface area contributed by atoms with Crippen LogP contribution in [0.15, 0.2) is 41.0 Å². The lowest BCUT2D eigenvalue weighted by atomic mass is 10.2. The monoisotopic (exact) mass is 292 g/mol. The highest BCUT2D eigenvalue weighted by Crippen LogP contribution is 2.24. The summed E-state index contributed by atoms with van der Waals surface area (Å²) < 4.78 is 0.707. The first-order chi connectivity index (χ1) is 8.15. The van der Waals surface area contributed by atoms with Crippen LogP contribution < -0.4 is 5.32 Å². The Kier molecular flexibility index (Phi) is 3.64. The van der Waals surface area contributed by atoms with Gasteiger partial charge in [-0.15, -0.1) is 0 Å². The molecule has 2 N–H and O–H groups in total. The third-order valence-corrected chi connectivity index (χ3v) is 3.06. The largest absolute Gasteiger partial charge is 0.507 e. The van der Waals surface area contributed by atoms with Crippen molar-refractivity contribution in [3.63, 3.8) is 0 Å². The predicted molar refractivity (Wildman–Crippen MR) is 72.1 cm³/mol. The summed E-state index contributed by atoms with van der Waals surface area (Å²) in [5.41, 5.74) is 3.08. The molecular formula is C13H13BrN2O. The van der Waals surface area contributed by atoms with Crippen molar-refractivity contribution in [2.45, 2.75) is 13.5 Å². The summed E-state index contributed by atoms with van der Waals surface area (Å²) in [6.07, 6.45) is 1.81. The van der Waals surface area contributed by atoms with E-state index < -0.39 is 0 Å². The summed E-state index contributed by atoms with van der Waals surface area (Å²) in [5, 5.41) is 12.7. The zero-order valence-electron chi connectivity index (χ0n) is 9.44. The Morgan fingerprint density at radius 1 is 1.29 bits per heavy atom. The highest BCUT2D eigenvalue weighted by Gasteiger charge is 1.99. The molecule has 0 atom stereocenters. The number of aromatic hydroxyl groups is 1. The van der Waals surface area contributed by atoms with Crippen LogP contribution in [0.2, 0.25) is 0 Å². The third kappa shape index (κ3) is 3.20. The molecular weight excluding hydrogens is 280 g/mol. The summed E-state index contributed by atoms with van der Waals surface area (Å²) in [4.78, 5) is 4.21. The van der Waals surface area contributed by atoms with Gasteiger partial charge in [-0.25, -0.2) is 0 Å². The highest BCUT2D eigenvalue weighted by atomic mass is 79.9. The average molecular weight is 293 g/mol. The number of aromatic nitrogens is 1. The zero-order chi connectivity index (χ0) is 12.3. The SMILES string of the molecule is Cc1ccc(NCc2ccc(O)c(Br)c2)cn1. The maximum atomic E-state index is 9.38. The fraction of sp³-hybridized carbons (Fsp3) is 0.154. The number of nitrogens with one attached hydrogen (secondary N) is 1. The summed E-state index contributed by atoms with van der Waals surface area (Å²) >= 11 is 3.29. The van der Waals surface area contributed by atoms with Crippen molar-refractivity contribution in [2.75, 3.05) is 5.32 Å². The Morgan fingerprint density at radius 3 is 2.76 bits per heavy atom. The molecule has 0 fully saturated rings. The fourth-order valence-corrected chi connectivity index (χ4v) is 1.86. The molecule has 1 aromatic carbocycles. The zero-order valence-corrected chi connectivity index (χ0v) is 11.0. The van der Waals surface area contributed by atoms with Gasteiger partial charge >= 0.3 is 0 Å². The number of rotatable bonds is 3. The Hall–Kier alpha value is -1.55. The minimum absolute atomic E-state index is 0.255. The second kappa shape index (κ2) is 5.19. The number of halogens is 1. The van der Waals surface area contributed by atoms with Crippen LogP contribution in [-0.2, 0) is 6.54 Å². The molecule has 0 radical (unpaired) electrons. The maximum absolute atomic E-state index is 9.38. The maximum Gasteiger partial charge on any atom is 0.129 e. The number of benzene rings is 1. The molecule has 0 aliphatic heterocycles. The molecule has 88 valence electrons. The molecule has 0 unspecified atom stereocenters. The van der Waals surface area contributed by atoms with Crippen LogP contribution in [0.3, 0.4) is 0 Å². The number of phenols is 1. The van der Waals surface area contributed by atoms with Crippen molar-refractivity contribution in [3.8, 4) is 5.75 Å². The Labute approximate surface area is 109 Å². The summed E-state index contributed by atoms with van der Waals surface area (Å²) in [6, 6.07) is 9.42. The van der Waals surface area contributed by atoms with Gasteiger partial charge in [0.15, 0.2) is 0 Å². The first-order valence-corrected chi connectivity index (χ1v) is 6.08. The van der Waals surface area contributed by atoms with Gasteiger partial charge in [-0.3, -0.25) is 4.98 Å². The molecule has 0 aliphatic carbocycles. The van der Waals surface area contributed by atoms with Gasteiger partial charge in [-0.05, 0) is 52.7 Å². The number of anilines is 1. The van der Waals surface area contributed by atoms with Crippen LogP contribution >= 0.6 is 15.9 Å². The van der Waals surface area contributed by atoms with Crippen LogP contribution in [-0.4, -0.2) is 10.1 Å². The molecule has 17 heavy (non-hydrogen) atoms. The molecule has 0 saturated heterocycles. The predicted octanol–water partition coefficient (Wildman–Crippen LogP) is 3.47. The van der Waals surface area contributed by atoms with Crippen molar-refractivity contribution in [3.05, 3.63) is 52.3 Å². The molecule has 4 heteroatoms. The first kappa shape index (κ1) is 11.9. The minimum Gasteiger partial charge on any atom is -0.507 e. The summed E-state index contributed by atoms with van der Waals surface area (Å²) in [6.45, 7) is 2.66. The molecule has 0 saturated carbocycles. The lowest BCUT2D eigenvalue weighted by Crippen LogP contribution is -1.99. The van der Waals surface area contributed by atoms with Gasteiger partial charge < -0.3 is 10.4 Å². The minimum atomic E-state index is 0.255. The number of hydrogen-bond acceptors (Lipinski definition) is 3. The molecule has 0 bridgehead atoms. The molecule has 2 aromatic rings. The average Bonchev–Trinajstić information content (AvgIpc) is 2.33. The Balaban J connectivity index is 2.02. The fourth-order valence-electron chi connectivity index (χ4n) is 1.44. The normalized spacial score (nSPS) is 10.2. The van der Waals surface area contributed by atoms with E-state index in [-0.39, 0.29) is 5.75 Å². The van der Waals surface area contributed by atoms with E-state index in [1.165, 1.54) is 0 Å².